The van der Waals surface area contributed by atoms with Crippen LogP contribution in [0.4, 0.5) is 0 Å². The molecule has 2 aromatic rings. The van der Waals surface area contributed by atoms with E-state index in [0.29, 0.717) is 26.4 Å². The summed E-state index contributed by atoms with van der Waals surface area (Å²) in [6.45, 7) is 2.33. The average molecular weight is 288 g/mol. The molecule has 0 N–H and O–H groups in total. The van der Waals surface area contributed by atoms with Gasteiger partial charge in [0.15, 0.2) is 0 Å². The van der Waals surface area contributed by atoms with Crippen molar-refractivity contribution in [2.45, 2.75) is 0 Å². The Bertz CT molecular complexity index is 433. The zero-order valence-corrected chi connectivity index (χ0v) is 12.1. The minimum Gasteiger partial charge on any atom is -0.489 e. The van der Waals surface area contributed by atoms with Crippen molar-refractivity contribution in [1.82, 2.24) is 0 Å². The van der Waals surface area contributed by atoms with E-state index in [1.54, 1.807) is 36.9 Å². The first-order chi connectivity index (χ1) is 8.86. The van der Waals surface area contributed by atoms with Crippen LogP contribution in [0, 0.1) is 0 Å². The maximum Gasteiger partial charge on any atom is 0.148 e. The fraction of sp³-hybridized carbons (Fsp3) is 0.500. The van der Waals surface area contributed by atoms with Crippen molar-refractivity contribution in [3.05, 3.63) is 10.8 Å². The lowest BCUT2D eigenvalue weighted by molar-refractivity contribution is 0.147. The molecule has 0 aliphatic heterocycles. The summed E-state index contributed by atoms with van der Waals surface area (Å²) in [6.07, 6.45) is 0. The molecule has 0 spiro atoms. The van der Waals surface area contributed by atoms with Crippen LogP contribution in [0.3, 0.4) is 0 Å². The fourth-order valence-corrected chi connectivity index (χ4v) is 3.59. The number of hydrogen-bond donors (Lipinski definition) is 0. The summed E-state index contributed by atoms with van der Waals surface area (Å²) in [5, 5.41) is 4.03. The van der Waals surface area contributed by atoms with Crippen molar-refractivity contribution in [2.75, 3.05) is 40.6 Å². The highest BCUT2D eigenvalue weighted by atomic mass is 32.1. The van der Waals surface area contributed by atoms with E-state index < -0.39 is 0 Å². The Morgan fingerprint density at radius 2 is 1.22 bits per heavy atom. The number of rotatable bonds is 8. The van der Waals surface area contributed by atoms with Gasteiger partial charge >= 0.3 is 0 Å². The summed E-state index contributed by atoms with van der Waals surface area (Å²) in [5.41, 5.74) is 0. The van der Waals surface area contributed by atoms with E-state index in [1.165, 1.54) is 0 Å². The quantitative estimate of drug-likeness (QED) is 0.700. The molecule has 0 atom stereocenters. The first-order valence-electron chi connectivity index (χ1n) is 5.59. The minimum atomic E-state index is 0.570. The van der Waals surface area contributed by atoms with Gasteiger partial charge in [0, 0.05) is 25.0 Å². The maximum atomic E-state index is 5.65. The van der Waals surface area contributed by atoms with Gasteiger partial charge in [-0.05, 0) is 0 Å². The molecule has 2 heterocycles. The van der Waals surface area contributed by atoms with E-state index in [4.69, 9.17) is 18.9 Å². The highest BCUT2D eigenvalue weighted by Crippen LogP contribution is 2.43. The molecule has 0 saturated carbocycles. The van der Waals surface area contributed by atoms with E-state index >= 15 is 0 Å². The largest absolute Gasteiger partial charge is 0.489 e. The number of ether oxygens (including phenoxy) is 4. The first-order valence-corrected chi connectivity index (χ1v) is 7.35. The van der Waals surface area contributed by atoms with Gasteiger partial charge in [-0.25, -0.2) is 0 Å². The van der Waals surface area contributed by atoms with E-state index in [2.05, 4.69) is 0 Å². The van der Waals surface area contributed by atoms with Crippen molar-refractivity contribution in [3.8, 4) is 11.5 Å². The van der Waals surface area contributed by atoms with Crippen LogP contribution in [0.25, 0.3) is 9.40 Å². The molecule has 0 fully saturated rings. The molecule has 18 heavy (non-hydrogen) atoms. The second kappa shape index (κ2) is 6.94. The molecule has 0 aliphatic carbocycles. The number of thiophene rings is 2. The van der Waals surface area contributed by atoms with E-state index in [9.17, 15) is 0 Å². The molecule has 4 nitrogen and oxygen atoms in total. The number of methoxy groups -OCH3 is 2. The molecule has 2 rings (SSSR count). The second-order valence-electron chi connectivity index (χ2n) is 3.54. The molecular weight excluding hydrogens is 272 g/mol. The lowest BCUT2D eigenvalue weighted by Gasteiger charge is -2.02. The van der Waals surface area contributed by atoms with Crippen molar-refractivity contribution in [3.63, 3.8) is 0 Å². The normalized spacial score (nSPS) is 11.0. The first kappa shape index (κ1) is 13.6. The fourth-order valence-electron chi connectivity index (χ4n) is 1.45. The van der Waals surface area contributed by atoms with Gasteiger partial charge in [0.05, 0.1) is 22.6 Å². The molecule has 2 aromatic heterocycles. The summed E-state index contributed by atoms with van der Waals surface area (Å²) >= 11 is 3.28. The van der Waals surface area contributed by atoms with Crippen LogP contribution in [0.1, 0.15) is 0 Å². The van der Waals surface area contributed by atoms with Gasteiger partial charge in [-0.15, -0.1) is 22.7 Å². The predicted octanol–water partition coefficient (Wildman–Crippen LogP) is 3.01. The van der Waals surface area contributed by atoms with Crippen molar-refractivity contribution < 1.29 is 18.9 Å². The van der Waals surface area contributed by atoms with Crippen LogP contribution in [-0.2, 0) is 9.47 Å². The standard InChI is InChI=1S/C12H16O4S2/c1-13-3-5-15-9-7-17-12-10(8-18-11(9)12)16-6-4-14-2/h7-8H,3-6H2,1-2H3. The second-order valence-corrected chi connectivity index (χ2v) is 5.30. The van der Waals surface area contributed by atoms with Crippen LogP contribution >= 0.6 is 22.7 Å². The molecule has 0 amide bonds. The van der Waals surface area contributed by atoms with Crippen LogP contribution < -0.4 is 9.47 Å². The number of hydrogen-bond acceptors (Lipinski definition) is 6. The maximum absolute atomic E-state index is 5.65. The molecule has 100 valence electrons. The van der Waals surface area contributed by atoms with Crippen LogP contribution in [-0.4, -0.2) is 40.6 Å². The van der Waals surface area contributed by atoms with E-state index in [1.807, 2.05) is 10.8 Å². The Kier molecular flexibility index (Phi) is 5.25. The van der Waals surface area contributed by atoms with E-state index in [-0.39, 0.29) is 0 Å². The molecule has 6 heteroatoms. The van der Waals surface area contributed by atoms with Gasteiger partial charge in [0.25, 0.3) is 0 Å². The van der Waals surface area contributed by atoms with Gasteiger partial charge in [-0.1, -0.05) is 0 Å². The third-order valence-electron chi connectivity index (χ3n) is 2.31. The lowest BCUT2D eigenvalue weighted by atomic mass is 10.4. The Balaban J connectivity index is 2.02. The summed E-state index contributed by atoms with van der Waals surface area (Å²) < 4.78 is 23.5. The smallest absolute Gasteiger partial charge is 0.148 e. The van der Waals surface area contributed by atoms with Crippen molar-refractivity contribution in [2.24, 2.45) is 0 Å². The highest BCUT2D eigenvalue weighted by Gasteiger charge is 2.12. The lowest BCUT2D eigenvalue weighted by Crippen LogP contribution is -2.03. The Morgan fingerprint density at radius 3 is 1.61 bits per heavy atom. The molecule has 0 unspecified atom stereocenters. The monoisotopic (exact) mass is 288 g/mol. The third-order valence-corrected chi connectivity index (χ3v) is 4.39. The van der Waals surface area contributed by atoms with E-state index in [0.717, 1.165) is 20.9 Å². The van der Waals surface area contributed by atoms with Crippen LogP contribution in [0.2, 0.25) is 0 Å². The molecule has 0 saturated heterocycles. The number of fused-ring (bicyclic) bond motifs is 1. The van der Waals surface area contributed by atoms with Gasteiger partial charge in [-0.2, -0.15) is 0 Å². The van der Waals surface area contributed by atoms with Crippen LogP contribution in [0.5, 0.6) is 11.5 Å². The van der Waals surface area contributed by atoms with Gasteiger partial charge in [-0.3, -0.25) is 0 Å². The topological polar surface area (TPSA) is 36.9 Å². The predicted molar refractivity (Wildman–Crippen MR) is 74.4 cm³/mol. The summed E-state index contributed by atoms with van der Waals surface area (Å²) in [7, 11) is 3.33. The van der Waals surface area contributed by atoms with Crippen molar-refractivity contribution in [1.29, 1.82) is 0 Å². The SMILES string of the molecule is COCCOc1csc2c(OCCOC)csc12. The summed E-state index contributed by atoms with van der Waals surface area (Å²) in [4.78, 5) is 0. The Morgan fingerprint density at radius 1 is 0.778 bits per heavy atom. The minimum absolute atomic E-state index is 0.570. The zero-order valence-electron chi connectivity index (χ0n) is 10.4. The molecule has 0 aliphatic rings. The zero-order chi connectivity index (χ0) is 12.8. The summed E-state index contributed by atoms with van der Waals surface area (Å²) in [5.74, 6) is 1.83. The molecule has 0 aromatic carbocycles. The Hall–Kier alpha value is -0.820. The summed E-state index contributed by atoms with van der Waals surface area (Å²) in [6, 6.07) is 0. The average Bonchev–Trinajstić information content (AvgIpc) is 2.94. The van der Waals surface area contributed by atoms with Gasteiger partial charge < -0.3 is 18.9 Å². The van der Waals surface area contributed by atoms with Crippen molar-refractivity contribution >= 4 is 32.1 Å². The molecule has 0 radical (unpaired) electrons. The highest BCUT2D eigenvalue weighted by molar-refractivity contribution is 7.27. The Labute approximate surface area is 114 Å². The van der Waals surface area contributed by atoms with Gasteiger partial charge in [0.2, 0.25) is 0 Å². The third kappa shape index (κ3) is 3.14. The molecule has 0 bridgehead atoms. The van der Waals surface area contributed by atoms with Gasteiger partial charge in [0.1, 0.15) is 24.7 Å². The molecular formula is C12H16O4S2. The van der Waals surface area contributed by atoms with Crippen LogP contribution in [0.15, 0.2) is 10.8 Å².